The smallest absolute Gasteiger partial charge is 0.303 e. The Bertz CT molecular complexity index is 116. The zero-order valence-corrected chi connectivity index (χ0v) is 13.0. The first-order chi connectivity index (χ1) is 5.79. The Morgan fingerprint density at radius 1 is 1.08 bits per heavy atom. The highest BCUT2D eigenvalue weighted by atomic mass is 28.4. The summed E-state index contributed by atoms with van der Waals surface area (Å²) in [6, 6.07) is 1.09. The van der Waals surface area contributed by atoms with Crippen molar-refractivity contribution >= 4 is 39.3 Å². The van der Waals surface area contributed by atoms with E-state index in [0.717, 1.165) is 6.04 Å². The molecule has 0 aromatic rings. The minimum atomic E-state index is -1.36. The van der Waals surface area contributed by atoms with Crippen LogP contribution in [0.5, 0.6) is 0 Å². The van der Waals surface area contributed by atoms with E-state index in [1.165, 1.54) is 0 Å². The van der Waals surface area contributed by atoms with Gasteiger partial charge < -0.3 is 16.5 Å². The van der Waals surface area contributed by atoms with E-state index >= 15 is 0 Å². The topological polar surface area (TPSA) is 36.9 Å². The largest absolute Gasteiger partial charge is 0.425 e. The van der Waals surface area contributed by atoms with E-state index in [9.17, 15) is 0 Å². The Kier molecular flexibility index (Phi) is 5.58. The van der Waals surface area contributed by atoms with Crippen LogP contribution in [0.25, 0.3) is 0 Å². The third-order valence-corrected chi connectivity index (χ3v) is 9.56. The molecule has 0 aromatic carbocycles. The van der Waals surface area contributed by atoms with E-state index in [2.05, 4.69) is 13.8 Å². The molecule has 1 aliphatic rings. The summed E-state index contributed by atoms with van der Waals surface area (Å²) >= 11 is 0. The molecule has 8 heteroatoms. The van der Waals surface area contributed by atoms with Crippen LogP contribution in [-0.4, -0.2) is 39.3 Å². The average molecular weight is 241 g/mol. The molecule has 0 radical (unpaired) electrons. The van der Waals surface area contributed by atoms with E-state index in [1.54, 1.807) is 0 Å². The molecule has 0 bridgehead atoms. The van der Waals surface area contributed by atoms with Gasteiger partial charge in [0.2, 0.25) is 0 Å². The molecule has 1 heterocycles. The molecule has 1 rings (SSSR count). The molecular weight excluding hydrogens is 224 g/mol. The Labute approximate surface area is 82.0 Å². The van der Waals surface area contributed by atoms with Gasteiger partial charge in [0.05, 0.1) is 0 Å². The first kappa shape index (κ1) is 10.8. The molecule has 12 heavy (non-hydrogen) atoms. The van der Waals surface area contributed by atoms with E-state index in [4.69, 9.17) is 16.5 Å². The summed E-state index contributed by atoms with van der Waals surface area (Å²) in [4.78, 5) is 0. The maximum absolute atomic E-state index is 5.62. The van der Waals surface area contributed by atoms with Crippen molar-refractivity contribution in [2.75, 3.05) is 0 Å². The van der Waals surface area contributed by atoms with E-state index < -0.39 is 39.3 Å². The molecule has 0 aliphatic carbocycles. The second-order valence-electron chi connectivity index (χ2n) is 3.15. The fourth-order valence-corrected chi connectivity index (χ4v) is 9.85. The summed E-state index contributed by atoms with van der Waals surface area (Å²) < 4.78 is 21.9. The second-order valence-corrected chi connectivity index (χ2v) is 11.1. The first-order valence-corrected chi connectivity index (χ1v) is 9.40. The lowest BCUT2D eigenvalue weighted by Crippen LogP contribution is -2.34. The molecule has 72 valence electrons. The van der Waals surface area contributed by atoms with Crippen molar-refractivity contribution in [2.24, 2.45) is 5.92 Å². The van der Waals surface area contributed by atoms with Gasteiger partial charge in [-0.2, -0.15) is 0 Å². The summed E-state index contributed by atoms with van der Waals surface area (Å²) in [5, 5.41) is 0. The molecule has 0 N–H and O–H groups in total. The Morgan fingerprint density at radius 2 is 1.67 bits per heavy atom. The monoisotopic (exact) mass is 240 g/mol. The summed E-state index contributed by atoms with van der Waals surface area (Å²) in [5.74, 6) is 0.668. The van der Waals surface area contributed by atoms with Crippen LogP contribution >= 0.6 is 0 Å². The summed E-state index contributed by atoms with van der Waals surface area (Å²) in [7, 11) is -3.55. The Balaban J connectivity index is 2.20. The molecule has 0 spiro atoms. The van der Waals surface area contributed by atoms with Gasteiger partial charge in [0.15, 0.2) is 0 Å². The molecule has 0 aromatic heterocycles. The van der Waals surface area contributed by atoms with Gasteiger partial charge in [-0.05, 0) is 12.0 Å². The van der Waals surface area contributed by atoms with Crippen molar-refractivity contribution in [3.05, 3.63) is 0 Å². The highest BCUT2D eigenvalue weighted by molar-refractivity contribution is 6.60. The normalized spacial score (nSPS) is 32.8. The van der Waals surface area contributed by atoms with Crippen molar-refractivity contribution in [3.63, 3.8) is 0 Å². The van der Waals surface area contributed by atoms with Crippen LogP contribution in [0.4, 0.5) is 0 Å². The molecule has 0 atom stereocenters. The molecule has 0 saturated carbocycles. The van der Waals surface area contributed by atoms with Crippen LogP contribution in [-0.2, 0) is 16.5 Å². The van der Waals surface area contributed by atoms with Gasteiger partial charge in [0.25, 0.3) is 30.0 Å². The van der Waals surface area contributed by atoms with Gasteiger partial charge in [0, 0.05) is 0 Å². The van der Waals surface area contributed by atoms with Crippen LogP contribution in [0.2, 0.25) is 6.04 Å². The summed E-state index contributed by atoms with van der Waals surface area (Å²) in [6.45, 7) is 4.39. The fraction of sp³-hybridized carbons (Fsp3) is 1.00. The quantitative estimate of drug-likeness (QED) is 0.520. The number of rotatable bonds is 2. The Morgan fingerprint density at radius 3 is 2.17 bits per heavy atom. The molecule has 1 saturated heterocycles. The lowest BCUT2D eigenvalue weighted by molar-refractivity contribution is 0.324. The standard InChI is InChI=1S/C4H16O4Si4/c1-4(2)3-12-7-10-5-9-6-11-8-12/h4,12H,3,9-11H2,1-2H3. The highest BCUT2D eigenvalue weighted by Gasteiger charge is 2.16. The fourth-order valence-electron chi connectivity index (χ4n) is 0.944. The lowest BCUT2D eigenvalue weighted by Gasteiger charge is -2.21. The molecule has 1 aliphatic heterocycles. The van der Waals surface area contributed by atoms with Crippen molar-refractivity contribution in [1.29, 1.82) is 0 Å². The van der Waals surface area contributed by atoms with Crippen LogP contribution in [0.3, 0.4) is 0 Å². The molecular formula is C4H16O4Si4. The van der Waals surface area contributed by atoms with Crippen molar-refractivity contribution in [1.82, 2.24) is 0 Å². The first-order valence-electron chi connectivity index (χ1n) is 4.17. The predicted molar refractivity (Wildman–Crippen MR) is 56.8 cm³/mol. The van der Waals surface area contributed by atoms with Crippen LogP contribution < -0.4 is 0 Å². The zero-order valence-electron chi connectivity index (χ0n) is 7.62. The van der Waals surface area contributed by atoms with Gasteiger partial charge in [-0.25, -0.2) is 0 Å². The van der Waals surface area contributed by atoms with Crippen molar-refractivity contribution < 1.29 is 16.5 Å². The molecule has 0 amide bonds. The third kappa shape index (κ3) is 4.66. The summed E-state index contributed by atoms with van der Waals surface area (Å²) in [6.07, 6.45) is 0. The van der Waals surface area contributed by atoms with Crippen molar-refractivity contribution in [3.8, 4) is 0 Å². The van der Waals surface area contributed by atoms with Crippen LogP contribution in [0, 0.1) is 5.92 Å². The van der Waals surface area contributed by atoms with Crippen molar-refractivity contribution in [2.45, 2.75) is 19.9 Å². The SMILES string of the molecule is CC(C)C[SiH]1O[SiH2]O[SiH2]O[SiH2]O1. The highest BCUT2D eigenvalue weighted by Crippen LogP contribution is 2.07. The maximum Gasteiger partial charge on any atom is 0.303 e. The van der Waals surface area contributed by atoms with E-state index in [-0.39, 0.29) is 0 Å². The lowest BCUT2D eigenvalue weighted by atomic mass is 10.3. The third-order valence-electron chi connectivity index (χ3n) is 1.51. The summed E-state index contributed by atoms with van der Waals surface area (Å²) in [5.41, 5.74) is 0. The van der Waals surface area contributed by atoms with Gasteiger partial charge in [0.1, 0.15) is 0 Å². The van der Waals surface area contributed by atoms with Gasteiger partial charge in [-0.15, -0.1) is 0 Å². The number of hydrogen-bond acceptors (Lipinski definition) is 4. The Hall–Kier alpha value is 0.708. The van der Waals surface area contributed by atoms with E-state index in [1.807, 2.05) is 0 Å². The molecule has 0 unspecified atom stereocenters. The predicted octanol–water partition coefficient (Wildman–Crippen LogP) is -2.06. The van der Waals surface area contributed by atoms with Crippen LogP contribution in [0.1, 0.15) is 13.8 Å². The minimum Gasteiger partial charge on any atom is -0.425 e. The molecule has 4 nitrogen and oxygen atoms in total. The van der Waals surface area contributed by atoms with E-state index in [0.29, 0.717) is 5.92 Å². The van der Waals surface area contributed by atoms with Gasteiger partial charge in [-0.3, -0.25) is 0 Å². The van der Waals surface area contributed by atoms with Crippen LogP contribution in [0.15, 0.2) is 0 Å². The zero-order chi connectivity index (χ0) is 8.81. The van der Waals surface area contributed by atoms with Gasteiger partial charge >= 0.3 is 9.28 Å². The maximum atomic E-state index is 5.62. The van der Waals surface area contributed by atoms with Gasteiger partial charge in [-0.1, -0.05) is 13.8 Å². The number of hydrogen-bond donors (Lipinski definition) is 0. The average Bonchev–Trinajstić information content (AvgIpc) is 1.93. The molecule has 1 fully saturated rings. The minimum absolute atomic E-state index is 0.668. The second kappa shape index (κ2) is 6.21.